The van der Waals surface area contributed by atoms with Gasteiger partial charge >= 0.3 is 0 Å². The van der Waals surface area contributed by atoms with E-state index in [1.807, 2.05) is 5.57 Å². The van der Waals surface area contributed by atoms with E-state index in [2.05, 4.69) is 38.2 Å². The van der Waals surface area contributed by atoms with Gasteiger partial charge in [-0.1, -0.05) is 44.1 Å². The summed E-state index contributed by atoms with van der Waals surface area (Å²) in [5.74, 6) is 4.36. The maximum Gasteiger partial charge on any atom is 0.136 e. The topological polar surface area (TPSA) is 29.1 Å². The molecule has 1 heterocycles. The highest BCUT2D eigenvalue weighted by Gasteiger charge is 2.59. The molecule has 0 amide bonds. The molecule has 2 saturated carbocycles. The van der Waals surface area contributed by atoms with Crippen molar-refractivity contribution in [3.8, 4) is 0 Å². The number of hydrogen-bond donors (Lipinski definition) is 1. The summed E-state index contributed by atoms with van der Waals surface area (Å²) in [5, 5.41) is 3.67. The number of allylic oxidation sites excluding steroid dienone is 3. The van der Waals surface area contributed by atoms with Crippen molar-refractivity contribution in [1.29, 1.82) is 0 Å². The fourth-order valence-corrected chi connectivity index (χ4v) is 8.39. The lowest BCUT2D eigenvalue weighted by Gasteiger charge is -2.59. The SMILES string of the molecule is CC[C@H]1C=C2CC(=O)CC[C@]2(C)[C@H]2CC[C@]3(C)C(C4CCCNC4)=CC[C@H]3[C@H]12. The average Bonchev–Trinajstić information content (AvgIpc) is 3.06. The highest BCUT2D eigenvalue weighted by Crippen LogP contribution is 2.67. The summed E-state index contributed by atoms with van der Waals surface area (Å²) in [6, 6.07) is 0. The third kappa shape index (κ3) is 2.66. The Morgan fingerprint density at radius 1 is 1.14 bits per heavy atom. The van der Waals surface area contributed by atoms with Crippen LogP contribution in [0.25, 0.3) is 0 Å². The number of carbonyl (C=O) groups excluding carboxylic acids is 1. The highest BCUT2D eigenvalue weighted by atomic mass is 16.1. The maximum atomic E-state index is 12.2. The molecule has 0 aromatic carbocycles. The van der Waals surface area contributed by atoms with Crippen molar-refractivity contribution in [2.75, 3.05) is 13.1 Å². The van der Waals surface area contributed by atoms with Gasteiger partial charge in [0.25, 0.3) is 0 Å². The third-order valence-electron chi connectivity index (χ3n) is 9.95. The smallest absolute Gasteiger partial charge is 0.136 e. The van der Waals surface area contributed by atoms with Crippen molar-refractivity contribution < 1.29 is 4.79 Å². The Bertz CT molecular complexity index is 714. The first-order valence-electron chi connectivity index (χ1n) is 12.1. The van der Waals surface area contributed by atoms with Crippen LogP contribution in [0.15, 0.2) is 23.3 Å². The van der Waals surface area contributed by atoms with Crippen molar-refractivity contribution in [3.63, 3.8) is 0 Å². The van der Waals surface area contributed by atoms with Gasteiger partial charge in [-0.15, -0.1) is 0 Å². The van der Waals surface area contributed by atoms with Crippen LogP contribution in [0.4, 0.5) is 0 Å². The first-order chi connectivity index (χ1) is 13.5. The third-order valence-corrected chi connectivity index (χ3v) is 9.95. The van der Waals surface area contributed by atoms with Crippen LogP contribution in [0.3, 0.4) is 0 Å². The van der Waals surface area contributed by atoms with Crippen LogP contribution in [0.1, 0.15) is 78.6 Å². The van der Waals surface area contributed by atoms with Crippen molar-refractivity contribution in [3.05, 3.63) is 23.3 Å². The summed E-state index contributed by atoms with van der Waals surface area (Å²) in [5.41, 5.74) is 4.05. The van der Waals surface area contributed by atoms with Gasteiger partial charge in [-0.25, -0.2) is 0 Å². The molecular weight excluding hydrogens is 342 g/mol. The second kappa shape index (κ2) is 6.83. The normalized spacial score (nSPS) is 48.2. The molecule has 0 radical (unpaired) electrons. The number of piperidine rings is 1. The van der Waals surface area contributed by atoms with Crippen LogP contribution in [-0.2, 0) is 4.79 Å². The summed E-state index contributed by atoms with van der Waals surface area (Å²) >= 11 is 0. The summed E-state index contributed by atoms with van der Waals surface area (Å²) < 4.78 is 0. The molecule has 0 spiro atoms. The molecule has 28 heavy (non-hydrogen) atoms. The molecule has 2 heteroatoms. The average molecular weight is 382 g/mol. The Morgan fingerprint density at radius 3 is 2.75 bits per heavy atom. The van der Waals surface area contributed by atoms with E-state index in [4.69, 9.17) is 0 Å². The van der Waals surface area contributed by atoms with Crippen molar-refractivity contribution in [2.24, 2.45) is 40.4 Å². The molecule has 7 atom stereocenters. The number of hydrogen-bond acceptors (Lipinski definition) is 2. The molecule has 0 aromatic heterocycles. The first-order valence-corrected chi connectivity index (χ1v) is 12.1. The molecule has 0 bridgehead atoms. The predicted octanol–water partition coefficient (Wildman–Crippen LogP) is 5.69. The van der Waals surface area contributed by atoms with Gasteiger partial charge in [0.2, 0.25) is 0 Å². The summed E-state index contributed by atoms with van der Waals surface area (Å²) in [4.78, 5) is 12.2. The summed E-state index contributed by atoms with van der Waals surface area (Å²) in [7, 11) is 0. The lowest BCUT2D eigenvalue weighted by Crippen LogP contribution is -2.53. The zero-order valence-electron chi connectivity index (χ0n) is 18.2. The first kappa shape index (κ1) is 19.1. The van der Waals surface area contributed by atoms with E-state index in [1.54, 1.807) is 0 Å². The Labute approximate surface area is 171 Å². The minimum absolute atomic E-state index is 0.292. The molecule has 5 rings (SSSR count). The van der Waals surface area contributed by atoms with Crippen LogP contribution >= 0.6 is 0 Å². The number of carbonyl (C=O) groups is 1. The van der Waals surface area contributed by atoms with Crippen molar-refractivity contribution in [2.45, 2.75) is 78.6 Å². The molecule has 3 fully saturated rings. The van der Waals surface area contributed by atoms with E-state index in [1.165, 1.54) is 57.2 Å². The van der Waals surface area contributed by atoms with Gasteiger partial charge in [0.1, 0.15) is 5.78 Å². The second-order valence-corrected chi connectivity index (χ2v) is 11.1. The van der Waals surface area contributed by atoms with E-state index >= 15 is 0 Å². The minimum atomic E-state index is 0.292. The lowest BCUT2D eigenvalue weighted by molar-refractivity contribution is -0.122. The molecule has 1 aliphatic heterocycles. The standard InChI is InChI=1S/C26H39NO/c1-4-17-14-19-15-20(28)9-11-25(19,2)23-10-12-26(3)21(7-8-22(26)24(17)23)18-6-5-13-27-16-18/h7,14,17-18,22-24,27H,4-6,8-13,15-16H2,1-3H3/t17-,18?,22-,23-,24-,25-,26+/m0/s1. The molecule has 2 nitrogen and oxygen atoms in total. The monoisotopic (exact) mass is 381 g/mol. The van der Waals surface area contributed by atoms with E-state index in [0.717, 1.165) is 42.9 Å². The predicted molar refractivity (Wildman–Crippen MR) is 115 cm³/mol. The molecular formula is C26H39NO. The number of rotatable bonds is 2. The molecule has 5 aliphatic rings. The van der Waals surface area contributed by atoms with E-state index in [9.17, 15) is 4.79 Å². The fourth-order valence-electron chi connectivity index (χ4n) is 8.39. The number of Topliss-reactive ketones (excluding diaryl/α,β-unsaturated/α-hetero) is 1. The van der Waals surface area contributed by atoms with Crippen LogP contribution in [0.2, 0.25) is 0 Å². The summed E-state index contributed by atoms with van der Waals surface area (Å²) in [6.45, 7) is 9.93. The molecule has 154 valence electrons. The number of fused-ring (bicyclic) bond motifs is 5. The van der Waals surface area contributed by atoms with Gasteiger partial charge in [-0.05, 0) is 91.9 Å². The second-order valence-electron chi connectivity index (χ2n) is 11.1. The minimum Gasteiger partial charge on any atom is -0.316 e. The van der Waals surface area contributed by atoms with Gasteiger partial charge in [0.15, 0.2) is 0 Å². The van der Waals surface area contributed by atoms with Crippen LogP contribution in [-0.4, -0.2) is 18.9 Å². The molecule has 4 aliphatic carbocycles. The Kier molecular flexibility index (Phi) is 4.66. The fraction of sp³-hybridized carbons (Fsp3) is 0.808. The van der Waals surface area contributed by atoms with E-state index in [0.29, 0.717) is 22.5 Å². The number of nitrogens with one attached hydrogen (secondary N) is 1. The molecule has 1 unspecified atom stereocenters. The van der Waals surface area contributed by atoms with Gasteiger partial charge in [-0.2, -0.15) is 0 Å². The Hall–Kier alpha value is -0.890. The molecule has 1 saturated heterocycles. The van der Waals surface area contributed by atoms with Gasteiger partial charge in [-0.3, -0.25) is 4.79 Å². The zero-order chi connectivity index (χ0) is 19.5. The molecule has 1 N–H and O–H groups in total. The Morgan fingerprint density at radius 2 is 2.00 bits per heavy atom. The zero-order valence-corrected chi connectivity index (χ0v) is 18.2. The quantitative estimate of drug-likeness (QED) is 0.623. The van der Waals surface area contributed by atoms with Gasteiger partial charge in [0, 0.05) is 19.4 Å². The maximum absolute atomic E-state index is 12.2. The van der Waals surface area contributed by atoms with Crippen LogP contribution in [0.5, 0.6) is 0 Å². The largest absolute Gasteiger partial charge is 0.316 e. The highest BCUT2D eigenvalue weighted by molar-refractivity contribution is 5.82. The lowest BCUT2D eigenvalue weighted by atomic mass is 9.45. The van der Waals surface area contributed by atoms with E-state index in [-0.39, 0.29) is 0 Å². The van der Waals surface area contributed by atoms with Gasteiger partial charge < -0.3 is 5.32 Å². The van der Waals surface area contributed by atoms with E-state index < -0.39 is 0 Å². The van der Waals surface area contributed by atoms with Gasteiger partial charge in [0.05, 0.1) is 0 Å². The number of ketones is 1. The van der Waals surface area contributed by atoms with Crippen molar-refractivity contribution >= 4 is 5.78 Å². The Balaban J connectivity index is 1.49. The van der Waals surface area contributed by atoms with Crippen molar-refractivity contribution in [1.82, 2.24) is 5.32 Å². The van der Waals surface area contributed by atoms with Crippen LogP contribution in [0, 0.1) is 40.4 Å². The summed E-state index contributed by atoms with van der Waals surface area (Å²) in [6.07, 6.45) is 15.9. The van der Waals surface area contributed by atoms with Crippen LogP contribution < -0.4 is 5.32 Å². The molecule has 0 aromatic rings.